The van der Waals surface area contributed by atoms with Crippen molar-refractivity contribution in [3.8, 4) is 0 Å². The summed E-state index contributed by atoms with van der Waals surface area (Å²) in [6.07, 6.45) is 2.35. The number of hydrogen-bond acceptors (Lipinski definition) is 2. The van der Waals surface area contributed by atoms with Gasteiger partial charge in [0, 0.05) is 6.04 Å². The number of carbonyl (C=O) groups excluding carboxylic acids is 1. The van der Waals surface area contributed by atoms with Crippen molar-refractivity contribution in [1.29, 1.82) is 0 Å². The first-order chi connectivity index (χ1) is 6.02. The highest BCUT2D eigenvalue weighted by atomic mass is 32.1. The Morgan fingerprint density at radius 3 is 2.46 bits per heavy atom. The number of rotatable bonds is 2. The Kier molecular flexibility index (Phi) is 3.65. The molecule has 0 spiro atoms. The first-order valence-electron chi connectivity index (χ1n) is 5.00. The SMILES string of the molecule is CC(S)C(=O)NC1CCC(C)C1C. The molecule has 1 aliphatic rings. The maximum absolute atomic E-state index is 11.4. The predicted molar refractivity (Wildman–Crippen MR) is 57.9 cm³/mol. The van der Waals surface area contributed by atoms with Crippen LogP contribution in [0.2, 0.25) is 0 Å². The lowest BCUT2D eigenvalue weighted by Gasteiger charge is -2.20. The van der Waals surface area contributed by atoms with E-state index in [-0.39, 0.29) is 11.2 Å². The van der Waals surface area contributed by atoms with Gasteiger partial charge >= 0.3 is 0 Å². The number of amides is 1. The summed E-state index contributed by atoms with van der Waals surface area (Å²) in [5, 5.41) is 2.85. The van der Waals surface area contributed by atoms with Crippen LogP contribution in [-0.2, 0) is 4.79 Å². The third-order valence-electron chi connectivity index (χ3n) is 3.17. The Morgan fingerprint density at radius 1 is 1.46 bits per heavy atom. The Bertz CT molecular complexity index is 193. The zero-order valence-electron chi connectivity index (χ0n) is 8.58. The Morgan fingerprint density at radius 2 is 2.08 bits per heavy atom. The second kappa shape index (κ2) is 4.36. The molecule has 1 aliphatic carbocycles. The molecule has 0 radical (unpaired) electrons. The molecule has 4 unspecified atom stereocenters. The van der Waals surface area contributed by atoms with Gasteiger partial charge in [0.05, 0.1) is 5.25 Å². The fraction of sp³-hybridized carbons (Fsp3) is 0.900. The lowest BCUT2D eigenvalue weighted by atomic mass is 9.98. The molecule has 0 aromatic heterocycles. The third kappa shape index (κ3) is 2.63. The van der Waals surface area contributed by atoms with Gasteiger partial charge in [0.2, 0.25) is 5.91 Å². The minimum atomic E-state index is -0.192. The summed E-state index contributed by atoms with van der Waals surface area (Å²) in [4.78, 5) is 11.4. The monoisotopic (exact) mass is 201 g/mol. The summed E-state index contributed by atoms with van der Waals surface area (Å²) in [5.74, 6) is 1.41. The van der Waals surface area contributed by atoms with Gasteiger partial charge < -0.3 is 5.32 Å². The van der Waals surface area contributed by atoms with Crippen molar-refractivity contribution in [2.45, 2.75) is 44.9 Å². The fourth-order valence-corrected chi connectivity index (χ4v) is 1.95. The largest absolute Gasteiger partial charge is 0.352 e. The van der Waals surface area contributed by atoms with E-state index in [1.54, 1.807) is 0 Å². The molecule has 1 amide bonds. The second-order valence-electron chi connectivity index (χ2n) is 4.20. The lowest BCUT2D eigenvalue weighted by molar-refractivity contribution is -0.121. The van der Waals surface area contributed by atoms with E-state index in [2.05, 4.69) is 31.8 Å². The zero-order valence-corrected chi connectivity index (χ0v) is 9.47. The number of nitrogens with one attached hydrogen (secondary N) is 1. The molecular weight excluding hydrogens is 182 g/mol. The summed E-state index contributed by atoms with van der Waals surface area (Å²) >= 11 is 4.11. The zero-order chi connectivity index (χ0) is 10.0. The van der Waals surface area contributed by atoms with Crippen LogP contribution in [0.4, 0.5) is 0 Å². The highest BCUT2D eigenvalue weighted by Gasteiger charge is 2.30. The first-order valence-corrected chi connectivity index (χ1v) is 5.52. The summed E-state index contributed by atoms with van der Waals surface area (Å²) in [6, 6.07) is 0.372. The minimum absolute atomic E-state index is 0.0642. The van der Waals surface area contributed by atoms with Crippen molar-refractivity contribution in [2.24, 2.45) is 11.8 Å². The Balaban J connectivity index is 2.42. The van der Waals surface area contributed by atoms with Crippen LogP contribution in [0, 0.1) is 11.8 Å². The van der Waals surface area contributed by atoms with Gasteiger partial charge in [0.1, 0.15) is 0 Å². The van der Waals surface area contributed by atoms with Crippen LogP contribution in [0.5, 0.6) is 0 Å². The quantitative estimate of drug-likeness (QED) is 0.656. The van der Waals surface area contributed by atoms with Gasteiger partial charge in [-0.25, -0.2) is 0 Å². The Labute approximate surface area is 85.9 Å². The molecule has 13 heavy (non-hydrogen) atoms. The highest BCUT2D eigenvalue weighted by molar-refractivity contribution is 7.81. The van der Waals surface area contributed by atoms with E-state index < -0.39 is 0 Å². The summed E-state index contributed by atoms with van der Waals surface area (Å²) in [6.45, 7) is 6.27. The van der Waals surface area contributed by atoms with Gasteiger partial charge in [-0.2, -0.15) is 12.6 Å². The molecule has 0 aromatic rings. The average molecular weight is 201 g/mol. The highest BCUT2D eigenvalue weighted by Crippen LogP contribution is 2.31. The molecule has 0 aliphatic heterocycles. The molecule has 1 rings (SSSR count). The van der Waals surface area contributed by atoms with E-state index in [0.717, 1.165) is 12.3 Å². The van der Waals surface area contributed by atoms with Crippen LogP contribution >= 0.6 is 12.6 Å². The topological polar surface area (TPSA) is 29.1 Å². The van der Waals surface area contributed by atoms with Gasteiger partial charge in [-0.3, -0.25) is 4.79 Å². The van der Waals surface area contributed by atoms with Crippen molar-refractivity contribution in [2.75, 3.05) is 0 Å². The van der Waals surface area contributed by atoms with Crippen LogP contribution in [-0.4, -0.2) is 17.2 Å². The lowest BCUT2D eigenvalue weighted by Crippen LogP contribution is -2.40. The second-order valence-corrected chi connectivity index (χ2v) is 4.98. The van der Waals surface area contributed by atoms with E-state index >= 15 is 0 Å². The van der Waals surface area contributed by atoms with Crippen molar-refractivity contribution in [1.82, 2.24) is 5.32 Å². The van der Waals surface area contributed by atoms with Gasteiger partial charge in [-0.15, -0.1) is 0 Å². The van der Waals surface area contributed by atoms with E-state index in [1.807, 2.05) is 6.92 Å². The number of carbonyl (C=O) groups is 1. The van der Waals surface area contributed by atoms with E-state index in [4.69, 9.17) is 0 Å². The first kappa shape index (κ1) is 10.9. The van der Waals surface area contributed by atoms with Crippen molar-refractivity contribution < 1.29 is 4.79 Å². The van der Waals surface area contributed by atoms with Crippen molar-refractivity contribution in [3.05, 3.63) is 0 Å². The Hall–Kier alpha value is -0.180. The van der Waals surface area contributed by atoms with E-state index in [1.165, 1.54) is 6.42 Å². The smallest absolute Gasteiger partial charge is 0.232 e. The molecule has 1 N–H and O–H groups in total. The van der Waals surface area contributed by atoms with Crippen LogP contribution < -0.4 is 5.32 Å². The third-order valence-corrected chi connectivity index (χ3v) is 3.41. The summed E-state index contributed by atoms with van der Waals surface area (Å²) in [5.41, 5.74) is 0. The maximum Gasteiger partial charge on any atom is 0.232 e. The van der Waals surface area contributed by atoms with Gasteiger partial charge in [-0.05, 0) is 31.6 Å². The van der Waals surface area contributed by atoms with Gasteiger partial charge in [0.25, 0.3) is 0 Å². The molecule has 2 nitrogen and oxygen atoms in total. The molecule has 0 saturated heterocycles. The molecule has 3 heteroatoms. The van der Waals surface area contributed by atoms with Crippen LogP contribution in [0.25, 0.3) is 0 Å². The molecule has 1 fully saturated rings. The number of hydrogen-bond donors (Lipinski definition) is 2. The fourth-order valence-electron chi connectivity index (χ4n) is 1.87. The summed E-state index contributed by atoms with van der Waals surface area (Å²) < 4.78 is 0. The standard InChI is InChI=1S/C10H19NOS/c1-6-4-5-9(7(6)2)11-10(12)8(3)13/h6-9,13H,4-5H2,1-3H3,(H,11,12). The van der Waals surface area contributed by atoms with E-state index in [0.29, 0.717) is 12.0 Å². The van der Waals surface area contributed by atoms with Crippen LogP contribution in [0.15, 0.2) is 0 Å². The molecule has 0 bridgehead atoms. The summed E-state index contributed by atoms with van der Waals surface area (Å²) in [7, 11) is 0. The predicted octanol–water partition coefficient (Wildman–Crippen LogP) is 1.86. The maximum atomic E-state index is 11.4. The average Bonchev–Trinajstić information content (AvgIpc) is 2.36. The molecule has 1 saturated carbocycles. The van der Waals surface area contributed by atoms with Gasteiger partial charge in [0.15, 0.2) is 0 Å². The molecule has 0 aromatic carbocycles. The minimum Gasteiger partial charge on any atom is -0.352 e. The van der Waals surface area contributed by atoms with Crippen molar-refractivity contribution in [3.63, 3.8) is 0 Å². The molecule has 4 atom stereocenters. The van der Waals surface area contributed by atoms with Gasteiger partial charge in [-0.1, -0.05) is 13.8 Å². The molecular formula is C10H19NOS. The van der Waals surface area contributed by atoms with E-state index in [9.17, 15) is 4.79 Å². The van der Waals surface area contributed by atoms with Crippen molar-refractivity contribution >= 4 is 18.5 Å². The van der Waals surface area contributed by atoms with Crippen LogP contribution in [0.1, 0.15) is 33.6 Å². The normalized spacial score (nSPS) is 35.8. The molecule has 0 heterocycles. The molecule has 76 valence electrons. The number of thiol groups is 1. The van der Waals surface area contributed by atoms with Crippen LogP contribution in [0.3, 0.4) is 0 Å².